The van der Waals surface area contributed by atoms with Gasteiger partial charge in [-0.1, -0.05) is 24.3 Å². The summed E-state index contributed by atoms with van der Waals surface area (Å²) in [6.45, 7) is 0.440. The second-order valence-corrected chi connectivity index (χ2v) is 4.77. The third-order valence-electron chi connectivity index (χ3n) is 3.22. The minimum atomic E-state index is -0.417. The van der Waals surface area contributed by atoms with Crippen LogP contribution in [0.1, 0.15) is 16.1 Å². The number of hydrogen-bond acceptors (Lipinski definition) is 2. The van der Waals surface area contributed by atoms with Gasteiger partial charge in [-0.3, -0.25) is 4.79 Å². The van der Waals surface area contributed by atoms with Crippen LogP contribution in [0.3, 0.4) is 0 Å². The Bertz CT molecular complexity index is 746. The average Bonchev–Trinajstić information content (AvgIpc) is 2.89. The summed E-state index contributed by atoms with van der Waals surface area (Å²) < 4.78 is 18.7. The number of carbonyl (C=O) groups is 1. The molecule has 3 nitrogen and oxygen atoms in total. The van der Waals surface area contributed by atoms with Gasteiger partial charge in [0.2, 0.25) is 0 Å². The predicted octanol–water partition coefficient (Wildman–Crippen LogP) is 3.54. The van der Waals surface area contributed by atoms with E-state index in [1.54, 1.807) is 6.07 Å². The Kier molecular flexibility index (Phi) is 3.69. The van der Waals surface area contributed by atoms with Crippen LogP contribution in [0.15, 0.2) is 59.0 Å². The van der Waals surface area contributed by atoms with Crippen molar-refractivity contribution in [3.05, 3.63) is 71.7 Å². The van der Waals surface area contributed by atoms with Crippen molar-refractivity contribution < 1.29 is 13.6 Å². The summed E-state index contributed by atoms with van der Waals surface area (Å²) in [5.74, 6) is 0.112. The average molecular weight is 283 g/mol. The van der Waals surface area contributed by atoms with Crippen molar-refractivity contribution in [2.75, 3.05) is 6.54 Å². The van der Waals surface area contributed by atoms with Crippen LogP contribution in [0.25, 0.3) is 11.0 Å². The van der Waals surface area contributed by atoms with Crippen LogP contribution >= 0.6 is 0 Å². The third-order valence-corrected chi connectivity index (χ3v) is 3.22. The van der Waals surface area contributed by atoms with Crippen LogP contribution in [0, 0.1) is 5.82 Å². The summed E-state index contributed by atoms with van der Waals surface area (Å²) in [6.07, 6.45) is 0.593. The molecule has 0 radical (unpaired) electrons. The molecule has 4 heteroatoms. The normalized spacial score (nSPS) is 10.7. The van der Waals surface area contributed by atoms with Gasteiger partial charge in [-0.05, 0) is 30.3 Å². The molecule has 1 heterocycles. The van der Waals surface area contributed by atoms with E-state index in [2.05, 4.69) is 5.32 Å². The Morgan fingerprint density at radius 3 is 2.76 bits per heavy atom. The maximum atomic E-state index is 13.0. The lowest BCUT2D eigenvalue weighted by Crippen LogP contribution is -2.25. The van der Waals surface area contributed by atoms with Crippen LogP contribution in [0.5, 0.6) is 0 Å². The van der Waals surface area contributed by atoms with E-state index >= 15 is 0 Å². The van der Waals surface area contributed by atoms with Gasteiger partial charge in [0.25, 0.3) is 5.91 Å². The Balaban J connectivity index is 1.59. The first kappa shape index (κ1) is 13.4. The van der Waals surface area contributed by atoms with Gasteiger partial charge in [0.05, 0.1) is 0 Å². The molecule has 1 aromatic heterocycles. The van der Waals surface area contributed by atoms with E-state index in [-0.39, 0.29) is 5.91 Å². The van der Waals surface area contributed by atoms with Crippen molar-refractivity contribution in [1.29, 1.82) is 0 Å². The molecule has 0 aliphatic heterocycles. The van der Waals surface area contributed by atoms with Crippen LogP contribution in [0.2, 0.25) is 0 Å². The Morgan fingerprint density at radius 2 is 1.95 bits per heavy atom. The van der Waals surface area contributed by atoms with Gasteiger partial charge in [0, 0.05) is 23.9 Å². The molecular formula is C17H14FNO2. The molecule has 0 saturated heterocycles. The first-order valence-electron chi connectivity index (χ1n) is 6.73. The first-order chi connectivity index (χ1) is 10.2. The lowest BCUT2D eigenvalue weighted by Gasteiger charge is -2.03. The first-order valence-corrected chi connectivity index (χ1v) is 6.73. The minimum absolute atomic E-state index is 0.286. The topological polar surface area (TPSA) is 42.2 Å². The number of benzene rings is 2. The fourth-order valence-corrected chi connectivity index (χ4v) is 2.19. The molecule has 0 atom stereocenters. The summed E-state index contributed by atoms with van der Waals surface area (Å²) in [5, 5.41) is 3.80. The molecule has 0 saturated carbocycles. The minimum Gasteiger partial charge on any atom is -0.461 e. The van der Waals surface area contributed by atoms with E-state index in [1.807, 2.05) is 30.3 Å². The molecule has 0 unspecified atom stereocenters. The van der Waals surface area contributed by atoms with Gasteiger partial charge < -0.3 is 9.73 Å². The summed E-state index contributed by atoms with van der Waals surface area (Å²) in [5.41, 5.74) is 1.16. The largest absolute Gasteiger partial charge is 0.461 e. The lowest BCUT2D eigenvalue weighted by atomic mass is 10.2. The summed E-state index contributed by atoms with van der Waals surface area (Å²) in [4.78, 5) is 11.9. The van der Waals surface area contributed by atoms with Gasteiger partial charge in [0.15, 0.2) is 0 Å². The molecule has 1 amide bonds. The number of amides is 1. The Hall–Kier alpha value is -2.62. The predicted molar refractivity (Wildman–Crippen MR) is 78.7 cm³/mol. The lowest BCUT2D eigenvalue weighted by molar-refractivity contribution is 0.0953. The number of halogens is 1. The zero-order chi connectivity index (χ0) is 14.7. The highest BCUT2D eigenvalue weighted by atomic mass is 19.1. The van der Waals surface area contributed by atoms with Gasteiger partial charge in [-0.15, -0.1) is 0 Å². The van der Waals surface area contributed by atoms with E-state index in [1.165, 1.54) is 18.2 Å². The van der Waals surface area contributed by atoms with Crippen molar-refractivity contribution in [1.82, 2.24) is 5.32 Å². The van der Waals surface area contributed by atoms with E-state index in [9.17, 15) is 9.18 Å². The van der Waals surface area contributed by atoms with E-state index < -0.39 is 5.82 Å². The molecule has 0 aliphatic rings. The molecule has 0 fully saturated rings. The van der Waals surface area contributed by atoms with Gasteiger partial charge >= 0.3 is 0 Å². The zero-order valence-corrected chi connectivity index (χ0v) is 11.3. The summed E-state index contributed by atoms with van der Waals surface area (Å²) in [6, 6.07) is 15.3. The molecule has 1 N–H and O–H groups in total. The molecule has 0 spiro atoms. The van der Waals surface area contributed by atoms with Crippen molar-refractivity contribution in [3.63, 3.8) is 0 Å². The molecule has 3 aromatic rings. The monoisotopic (exact) mass is 283 g/mol. The highest BCUT2D eigenvalue weighted by molar-refractivity contribution is 5.94. The fourth-order valence-electron chi connectivity index (χ4n) is 2.19. The Morgan fingerprint density at radius 1 is 1.10 bits per heavy atom. The number of hydrogen-bond donors (Lipinski definition) is 1. The van der Waals surface area contributed by atoms with Crippen molar-refractivity contribution in [3.8, 4) is 0 Å². The van der Waals surface area contributed by atoms with Crippen LogP contribution in [0.4, 0.5) is 4.39 Å². The molecule has 0 aliphatic carbocycles. The maximum absolute atomic E-state index is 13.0. The van der Waals surface area contributed by atoms with E-state index in [0.29, 0.717) is 18.5 Å². The summed E-state index contributed by atoms with van der Waals surface area (Å²) in [7, 11) is 0. The molecule has 0 bridgehead atoms. The second kappa shape index (κ2) is 5.79. The standard InChI is InChI=1S/C17H14FNO2/c18-14-6-3-5-13(10-14)17(20)19-9-8-15-11-12-4-1-2-7-16(12)21-15/h1-7,10-11H,8-9H2,(H,19,20). The summed E-state index contributed by atoms with van der Waals surface area (Å²) >= 11 is 0. The number of rotatable bonds is 4. The number of para-hydroxylation sites is 1. The number of nitrogens with one attached hydrogen (secondary N) is 1. The van der Waals surface area contributed by atoms with Crippen LogP contribution in [-0.4, -0.2) is 12.5 Å². The van der Waals surface area contributed by atoms with Gasteiger partial charge in [-0.25, -0.2) is 4.39 Å². The van der Waals surface area contributed by atoms with E-state index in [0.717, 1.165) is 16.7 Å². The third kappa shape index (κ3) is 3.11. The van der Waals surface area contributed by atoms with Gasteiger partial charge in [0.1, 0.15) is 17.2 Å². The van der Waals surface area contributed by atoms with E-state index in [4.69, 9.17) is 4.42 Å². The van der Waals surface area contributed by atoms with Crippen molar-refractivity contribution >= 4 is 16.9 Å². The quantitative estimate of drug-likeness (QED) is 0.795. The molecule has 21 heavy (non-hydrogen) atoms. The number of fused-ring (bicyclic) bond motifs is 1. The number of furan rings is 1. The Labute approximate surface area is 121 Å². The second-order valence-electron chi connectivity index (χ2n) is 4.77. The highest BCUT2D eigenvalue weighted by Crippen LogP contribution is 2.18. The van der Waals surface area contributed by atoms with Crippen LogP contribution < -0.4 is 5.32 Å². The molecule has 3 rings (SSSR count). The van der Waals surface area contributed by atoms with Crippen molar-refractivity contribution in [2.24, 2.45) is 0 Å². The SMILES string of the molecule is O=C(NCCc1cc2ccccc2o1)c1cccc(F)c1. The molecular weight excluding hydrogens is 269 g/mol. The zero-order valence-electron chi connectivity index (χ0n) is 11.3. The number of carbonyl (C=O) groups excluding carboxylic acids is 1. The van der Waals surface area contributed by atoms with Crippen molar-refractivity contribution in [2.45, 2.75) is 6.42 Å². The molecule has 106 valence electrons. The van der Waals surface area contributed by atoms with Gasteiger partial charge in [-0.2, -0.15) is 0 Å². The fraction of sp³-hybridized carbons (Fsp3) is 0.118. The molecule has 2 aromatic carbocycles. The smallest absolute Gasteiger partial charge is 0.251 e. The highest BCUT2D eigenvalue weighted by Gasteiger charge is 2.07. The maximum Gasteiger partial charge on any atom is 0.251 e. The van der Waals surface area contributed by atoms with Crippen LogP contribution in [-0.2, 0) is 6.42 Å².